The Kier molecular flexibility index (Phi) is 6.66. The zero-order valence-corrected chi connectivity index (χ0v) is 15.8. The molecule has 3 nitrogen and oxygen atoms in total. The lowest BCUT2D eigenvalue weighted by Crippen LogP contribution is -2.45. The molecule has 0 aromatic rings. The zero-order valence-electron chi connectivity index (χ0n) is 14.8. The van der Waals surface area contributed by atoms with E-state index < -0.39 is 8.07 Å². The Morgan fingerprint density at radius 2 is 1.67 bits per heavy atom. The van der Waals surface area contributed by atoms with Gasteiger partial charge in [0.05, 0.1) is 21.2 Å². The first-order chi connectivity index (χ1) is 9.77. The first-order valence-corrected chi connectivity index (χ1v) is 10.6. The molecule has 0 aliphatic carbocycles. The third-order valence-electron chi connectivity index (χ3n) is 5.24. The summed E-state index contributed by atoms with van der Waals surface area (Å²) in [4.78, 5) is 17.3. The van der Waals surface area contributed by atoms with E-state index in [0.717, 1.165) is 12.8 Å². The maximum Gasteiger partial charge on any atom is 0.246 e. The molecule has 0 spiro atoms. The highest BCUT2D eigenvalue weighted by Crippen LogP contribution is 2.42. The van der Waals surface area contributed by atoms with E-state index in [9.17, 15) is 4.79 Å². The second kappa shape index (κ2) is 7.59. The molecule has 0 bridgehead atoms. The van der Waals surface area contributed by atoms with Gasteiger partial charge in [0.25, 0.3) is 0 Å². The van der Waals surface area contributed by atoms with Gasteiger partial charge in [-0.05, 0) is 29.5 Å². The van der Waals surface area contributed by atoms with Gasteiger partial charge in [-0.1, -0.05) is 53.3 Å². The van der Waals surface area contributed by atoms with Crippen LogP contribution in [0.1, 0.15) is 60.8 Å². The second-order valence-electron chi connectivity index (χ2n) is 7.18. The van der Waals surface area contributed by atoms with Crippen LogP contribution in [0, 0.1) is 0 Å². The fourth-order valence-corrected chi connectivity index (χ4v) is 9.85. The molecule has 1 amide bonds. The highest BCUT2D eigenvalue weighted by molar-refractivity contribution is 6.87. The predicted octanol–water partition coefficient (Wildman–Crippen LogP) is 4.70. The molecule has 0 radical (unpaired) electrons. The predicted molar refractivity (Wildman–Crippen MR) is 91.7 cm³/mol. The van der Waals surface area contributed by atoms with Gasteiger partial charge >= 0.3 is 0 Å². The molecule has 0 saturated carbocycles. The SMILES string of the molecule is CON1C(=O)CCC[C@H]1/C=C/[Si](C(C)C)(C(C)C)C(C)C. The number of hydrogen-bond donors (Lipinski definition) is 0. The molecule has 1 aliphatic rings. The van der Waals surface area contributed by atoms with Crippen LogP contribution in [0.3, 0.4) is 0 Å². The minimum atomic E-state index is -1.55. The van der Waals surface area contributed by atoms with Gasteiger partial charge in [-0.15, -0.1) is 0 Å². The summed E-state index contributed by atoms with van der Waals surface area (Å²) in [7, 11) is 0.0493. The Hall–Kier alpha value is -0.613. The molecule has 1 heterocycles. The summed E-state index contributed by atoms with van der Waals surface area (Å²) in [6, 6.07) is 0.111. The van der Waals surface area contributed by atoms with Crippen LogP contribution in [-0.2, 0) is 9.63 Å². The third-order valence-corrected chi connectivity index (χ3v) is 12.0. The smallest absolute Gasteiger partial charge is 0.246 e. The summed E-state index contributed by atoms with van der Waals surface area (Å²) in [6.07, 6.45) is 4.86. The minimum absolute atomic E-state index is 0.111. The van der Waals surface area contributed by atoms with Crippen LogP contribution in [0.5, 0.6) is 0 Å². The molecule has 122 valence electrons. The Bertz CT molecular complexity index is 355. The monoisotopic (exact) mass is 311 g/mol. The lowest BCUT2D eigenvalue weighted by atomic mass is 10.0. The molecule has 1 rings (SSSR count). The van der Waals surface area contributed by atoms with E-state index in [4.69, 9.17) is 4.84 Å². The van der Waals surface area contributed by atoms with Gasteiger partial charge in [0.15, 0.2) is 0 Å². The van der Waals surface area contributed by atoms with Crippen molar-refractivity contribution in [1.29, 1.82) is 0 Å². The Morgan fingerprint density at radius 1 is 1.14 bits per heavy atom. The highest BCUT2D eigenvalue weighted by Gasteiger charge is 2.40. The zero-order chi connectivity index (χ0) is 16.2. The summed E-state index contributed by atoms with van der Waals surface area (Å²) in [5.41, 5.74) is 4.60. The average Bonchev–Trinajstić information content (AvgIpc) is 2.38. The van der Waals surface area contributed by atoms with E-state index in [-0.39, 0.29) is 11.9 Å². The standard InChI is InChI=1S/C17H33NO2Si/c1-13(2)21(14(3)4,15(5)6)12-11-16-9-8-10-17(19)18(16)20-7/h11-16H,8-10H2,1-7H3/b12-11+/t16-/m0/s1. The van der Waals surface area contributed by atoms with E-state index in [2.05, 4.69) is 53.3 Å². The number of carbonyl (C=O) groups excluding carboxylic acids is 1. The maximum atomic E-state index is 11.9. The molecule has 0 N–H and O–H groups in total. The molecular weight excluding hydrogens is 278 g/mol. The van der Waals surface area contributed by atoms with E-state index in [1.165, 1.54) is 0 Å². The molecule has 4 heteroatoms. The van der Waals surface area contributed by atoms with Crippen LogP contribution in [0.15, 0.2) is 11.8 Å². The van der Waals surface area contributed by atoms with Gasteiger partial charge in [0.2, 0.25) is 5.91 Å². The lowest BCUT2D eigenvalue weighted by Gasteiger charge is -2.41. The van der Waals surface area contributed by atoms with E-state index in [1.807, 2.05) is 0 Å². The van der Waals surface area contributed by atoms with Crippen molar-refractivity contribution in [2.75, 3.05) is 7.11 Å². The van der Waals surface area contributed by atoms with Crippen LogP contribution in [-0.4, -0.2) is 32.2 Å². The van der Waals surface area contributed by atoms with Crippen molar-refractivity contribution < 1.29 is 9.63 Å². The van der Waals surface area contributed by atoms with Crippen LogP contribution < -0.4 is 0 Å². The van der Waals surface area contributed by atoms with Gasteiger partial charge < -0.3 is 0 Å². The molecule has 1 fully saturated rings. The molecule has 1 atom stereocenters. The molecule has 0 aromatic heterocycles. The number of hydroxylamine groups is 2. The van der Waals surface area contributed by atoms with Gasteiger partial charge in [-0.2, -0.15) is 0 Å². The van der Waals surface area contributed by atoms with Crippen molar-refractivity contribution in [3.63, 3.8) is 0 Å². The summed E-state index contributed by atoms with van der Waals surface area (Å²) in [6.45, 7) is 14.1. The number of nitrogens with zero attached hydrogens (tertiary/aromatic N) is 1. The highest BCUT2D eigenvalue weighted by atomic mass is 28.3. The van der Waals surface area contributed by atoms with Gasteiger partial charge in [0, 0.05) is 6.42 Å². The largest absolute Gasteiger partial charge is 0.274 e. The summed E-state index contributed by atoms with van der Waals surface area (Å²) in [5.74, 6) is 0.115. The second-order valence-corrected chi connectivity index (χ2v) is 13.0. The van der Waals surface area contributed by atoms with Gasteiger partial charge in [-0.25, -0.2) is 5.06 Å². The Balaban J connectivity index is 3.04. The van der Waals surface area contributed by atoms with E-state index >= 15 is 0 Å². The lowest BCUT2D eigenvalue weighted by molar-refractivity contribution is -0.189. The van der Waals surface area contributed by atoms with Crippen LogP contribution in [0.2, 0.25) is 16.6 Å². The average molecular weight is 312 g/mol. The number of hydrogen-bond acceptors (Lipinski definition) is 2. The minimum Gasteiger partial charge on any atom is -0.274 e. The van der Waals surface area contributed by atoms with Crippen LogP contribution in [0.25, 0.3) is 0 Å². The number of piperidine rings is 1. The van der Waals surface area contributed by atoms with Crippen molar-refractivity contribution in [1.82, 2.24) is 5.06 Å². The van der Waals surface area contributed by atoms with Crippen molar-refractivity contribution in [2.45, 2.75) is 83.5 Å². The number of amides is 1. The van der Waals surface area contributed by atoms with Crippen molar-refractivity contribution in [2.24, 2.45) is 0 Å². The van der Waals surface area contributed by atoms with Crippen LogP contribution >= 0.6 is 0 Å². The number of rotatable bonds is 6. The molecule has 21 heavy (non-hydrogen) atoms. The topological polar surface area (TPSA) is 29.5 Å². The molecule has 1 saturated heterocycles. The fourth-order valence-electron chi connectivity index (χ4n) is 4.14. The molecule has 0 unspecified atom stereocenters. The number of carbonyl (C=O) groups is 1. The molecule has 1 aliphatic heterocycles. The molecule has 0 aromatic carbocycles. The fraction of sp³-hybridized carbons (Fsp3) is 0.824. The Labute approximate surface area is 131 Å². The first-order valence-electron chi connectivity index (χ1n) is 8.32. The normalized spacial score (nSPS) is 21.3. The maximum absolute atomic E-state index is 11.9. The van der Waals surface area contributed by atoms with E-state index in [1.54, 1.807) is 12.2 Å². The van der Waals surface area contributed by atoms with Crippen LogP contribution in [0.4, 0.5) is 0 Å². The van der Waals surface area contributed by atoms with Crippen molar-refractivity contribution in [3.05, 3.63) is 11.8 Å². The van der Waals surface area contributed by atoms with Gasteiger partial charge in [-0.3, -0.25) is 9.63 Å². The molecular formula is C17H33NO2Si. The Morgan fingerprint density at radius 3 is 2.10 bits per heavy atom. The van der Waals surface area contributed by atoms with Crippen molar-refractivity contribution in [3.8, 4) is 0 Å². The summed E-state index contributed by atoms with van der Waals surface area (Å²) in [5, 5.41) is 1.57. The first kappa shape index (κ1) is 18.4. The summed E-state index contributed by atoms with van der Waals surface area (Å²) < 4.78 is 0. The van der Waals surface area contributed by atoms with E-state index in [0.29, 0.717) is 23.0 Å². The van der Waals surface area contributed by atoms with Crippen molar-refractivity contribution >= 4 is 14.0 Å². The third kappa shape index (κ3) is 3.78. The summed E-state index contributed by atoms with van der Waals surface area (Å²) >= 11 is 0. The van der Waals surface area contributed by atoms with Gasteiger partial charge in [0.1, 0.15) is 0 Å². The quantitative estimate of drug-likeness (QED) is 0.665.